The van der Waals surface area contributed by atoms with Gasteiger partial charge in [-0.05, 0) is 55.2 Å². The lowest BCUT2D eigenvalue weighted by Crippen LogP contribution is -2.31. The quantitative estimate of drug-likeness (QED) is 0.451. The first-order valence-electron chi connectivity index (χ1n) is 10.4. The Labute approximate surface area is 176 Å². The SMILES string of the molecule is Cc1nc2ccccc2n1CCCNC(=O)C(Cc1ccncc1)c1ccccc1. The normalized spacial score (nSPS) is 12.0. The number of aromatic nitrogens is 3. The third-order valence-electron chi connectivity index (χ3n) is 5.41. The summed E-state index contributed by atoms with van der Waals surface area (Å²) in [5.41, 5.74) is 4.29. The van der Waals surface area contributed by atoms with Crippen LogP contribution >= 0.6 is 0 Å². The van der Waals surface area contributed by atoms with Gasteiger partial charge < -0.3 is 9.88 Å². The maximum atomic E-state index is 13.0. The molecule has 0 radical (unpaired) electrons. The molecule has 0 bridgehead atoms. The number of fused-ring (bicyclic) bond motifs is 1. The Hall–Kier alpha value is -3.47. The van der Waals surface area contributed by atoms with Gasteiger partial charge in [0.25, 0.3) is 0 Å². The van der Waals surface area contributed by atoms with Gasteiger partial charge in [0.2, 0.25) is 5.91 Å². The van der Waals surface area contributed by atoms with Crippen molar-refractivity contribution in [3.8, 4) is 0 Å². The molecule has 0 saturated carbocycles. The molecule has 2 aromatic heterocycles. The van der Waals surface area contributed by atoms with Crippen LogP contribution in [0.4, 0.5) is 0 Å². The van der Waals surface area contributed by atoms with Gasteiger partial charge in [-0.3, -0.25) is 9.78 Å². The molecule has 1 amide bonds. The second-order valence-corrected chi connectivity index (χ2v) is 7.47. The van der Waals surface area contributed by atoms with Gasteiger partial charge in [0.15, 0.2) is 0 Å². The van der Waals surface area contributed by atoms with Crippen LogP contribution < -0.4 is 5.32 Å². The zero-order chi connectivity index (χ0) is 20.8. The highest BCUT2D eigenvalue weighted by molar-refractivity contribution is 5.84. The van der Waals surface area contributed by atoms with Crippen molar-refractivity contribution in [2.45, 2.75) is 32.2 Å². The molecular weight excluding hydrogens is 372 g/mol. The number of hydrogen-bond acceptors (Lipinski definition) is 3. The molecule has 30 heavy (non-hydrogen) atoms. The number of benzene rings is 2. The van der Waals surface area contributed by atoms with Crippen molar-refractivity contribution in [3.63, 3.8) is 0 Å². The predicted molar refractivity (Wildman–Crippen MR) is 119 cm³/mol. The molecule has 0 aliphatic rings. The van der Waals surface area contributed by atoms with Crippen molar-refractivity contribution in [2.75, 3.05) is 6.54 Å². The first-order chi connectivity index (χ1) is 14.7. The first kappa shape index (κ1) is 19.8. The number of imidazole rings is 1. The van der Waals surface area contributed by atoms with Crippen LogP contribution in [0.25, 0.3) is 11.0 Å². The van der Waals surface area contributed by atoms with Crippen LogP contribution in [0.1, 0.15) is 29.3 Å². The smallest absolute Gasteiger partial charge is 0.227 e. The average Bonchev–Trinajstić information content (AvgIpc) is 3.11. The largest absolute Gasteiger partial charge is 0.355 e. The predicted octanol–water partition coefficient (Wildman–Crippen LogP) is 4.27. The number of amides is 1. The zero-order valence-electron chi connectivity index (χ0n) is 17.2. The van der Waals surface area contributed by atoms with E-state index < -0.39 is 0 Å². The van der Waals surface area contributed by atoms with Crippen LogP contribution in [0.3, 0.4) is 0 Å². The fourth-order valence-corrected chi connectivity index (χ4v) is 3.85. The maximum absolute atomic E-state index is 13.0. The van der Waals surface area contributed by atoms with Crippen LogP contribution in [0.15, 0.2) is 79.1 Å². The van der Waals surface area contributed by atoms with Crippen LogP contribution in [0.5, 0.6) is 0 Å². The summed E-state index contributed by atoms with van der Waals surface area (Å²) in [6.45, 7) is 3.48. The molecule has 1 N–H and O–H groups in total. The molecule has 152 valence electrons. The Morgan fingerprint density at radius 3 is 2.53 bits per heavy atom. The van der Waals surface area contributed by atoms with Crippen LogP contribution in [-0.4, -0.2) is 27.0 Å². The van der Waals surface area contributed by atoms with Crippen molar-refractivity contribution in [1.82, 2.24) is 19.9 Å². The molecule has 2 heterocycles. The highest BCUT2D eigenvalue weighted by Gasteiger charge is 2.20. The van der Waals surface area contributed by atoms with E-state index in [1.165, 1.54) is 0 Å². The van der Waals surface area contributed by atoms with Gasteiger partial charge in [-0.2, -0.15) is 0 Å². The molecular formula is C25H26N4O. The second kappa shape index (κ2) is 9.35. The van der Waals surface area contributed by atoms with Crippen LogP contribution in [0, 0.1) is 6.92 Å². The van der Waals surface area contributed by atoms with Gasteiger partial charge in [-0.15, -0.1) is 0 Å². The molecule has 5 nitrogen and oxygen atoms in total. The summed E-state index contributed by atoms with van der Waals surface area (Å²) in [6.07, 6.45) is 5.05. The van der Waals surface area contributed by atoms with E-state index in [4.69, 9.17) is 0 Å². The van der Waals surface area contributed by atoms with Crippen molar-refractivity contribution in [1.29, 1.82) is 0 Å². The van der Waals surface area contributed by atoms with Gasteiger partial charge in [-0.1, -0.05) is 42.5 Å². The Morgan fingerprint density at radius 1 is 1.00 bits per heavy atom. The van der Waals surface area contributed by atoms with E-state index in [-0.39, 0.29) is 11.8 Å². The number of aryl methyl sites for hydroxylation is 2. The highest BCUT2D eigenvalue weighted by atomic mass is 16.1. The Bertz CT molecular complexity index is 1110. The Balaban J connectivity index is 1.39. The van der Waals surface area contributed by atoms with Gasteiger partial charge >= 0.3 is 0 Å². The number of nitrogens with zero attached hydrogens (tertiary/aromatic N) is 3. The van der Waals surface area contributed by atoms with E-state index in [0.717, 1.165) is 41.0 Å². The summed E-state index contributed by atoms with van der Waals surface area (Å²) < 4.78 is 2.22. The highest BCUT2D eigenvalue weighted by Crippen LogP contribution is 2.21. The lowest BCUT2D eigenvalue weighted by molar-refractivity contribution is -0.122. The Kier molecular flexibility index (Phi) is 6.18. The molecule has 4 aromatic rings. The number of rotatable bonds is 8. The fourth-order valence-electron chi connectivity index (χ4n) is 3.85. The fraction of sp³-hybridized carbons (Fsp3) is 0.240. The standard InChI is InChI=1S/C25H26N4O/c1-19-28-23-10-5-6-11-24(23)29(19)17-7-14-27-25(30)22(21-8-3-2-4-9-21)18-20-12-15-26-16-13-20/h2-6,8-13,15-16,22H,7,14,17-18H2,1H3,(H,27,30). The van der Waals surface area contributed by atoms with Gasteiger partial charge in [0.05, 0.1) is 17.0 Å². The van der Waals surface area contributed by atoms with Crippen LogP contribution in [-0.2, 0) is 17.8 Å². The number of nitrogens with one attached hydrogen (secondary N) is 1. The Morgan fingerprint density at radius 2 is 1.73 bits per heavy atom. The molecule has 5 heteroatoms. The number of pyridine rings is 1. The van der Waals surface area contributed by atoms with E-state index in [1.54, 1.807) is 12.4 Å². The van der Waals surface area contributed by atoms with E-state index >= 15 is 0 Å². The number of carbonyl (C=O) groups excluding carboxylic acids is 1. The molecule has 1 unspecified atom stereocenters. The van der Waals surface area contributed by atoms with Gasteiger partial charge in [0.1, 0.15) is 5.82 Å². The minimum atomic E-state index is -0.218. The third kappa shape index (κ3) is 4.57. The minimum Gasteiger partial charge on any atom is -0.355 e. The van der Waals surface area contributed by atoms with Crippen molar-refractivity contribution < 1.29 is 4.79 Å². The molecule has 4 rings (SSSR count). The molecule has 0 saturated heterocycles. The number of hydrogen-bond donors (Lipinski definition) is 1. The summed E-state index contributed by atoms with van der Waals surface area (Å²) >= 11 is 0. The zero-order valence-corrected chi connectivity index (χ0v) is 17.2. The monoisotopic (exact) mass is 398 g/mol. The summed E-state index contributed by atoms with van der Waals surface area (Å²) in [6, 6.07) is 22.1. The van der Waals surface area contributed by atoms with Crippen molar-refractivity contribution in [2.24, 2.45) is 0 Å². The molecule has 0 spiro atoms. The van der Waals surface area contributed by atoms with E-state index in [2.05, 4.69) is 25.9 Å². The second-order valence-electron chi connectivity index (χ2n) is 7.47. The first-order valence-corrected chi connectivity index (χ1v) is 10.4. The van der Waals surface area contributed by atoms with Crippen molar-refractivity contribution >= 4 is 16.9 Å². The summed E-state index contributed by atoms with van der Waals surface area (Å²) in [5.74, 6) is 0.844. The van der Waals surface area contributed by atoms with E-state index in [0.29, 0.717) is 13.0 Å². The van der Waals surface area contributed by atoms with Crippen LogP contribution in [0.2, 0.25) is 0 Å². The third-order valence-corrected chi connectivity index (χ3v) is 5.41. The van der Waals surface area contributed by atoms with Gasteiger partial charge in [0, 0.05) is 25.5 Å². The maximum Gasteiger partial charge on any atom is 0.227 e. The molecule has 0 aliphatic carbocycles. The topological polar surface area (TPSA) is 59.8 Å². The molecule has 0 fully saturated rings. The average molecular weight is 399 g/mol. The lowest BCUT2D eigenvalue weighted by Gasteiger charge is -2.18. The number of para-hydroxylation sites is 2. The number of carbonyl (C=O) groups is 1. The summed E-state index contributed by atoms with van der Waals surface area (Å²) in [7, 11) is 0. The lowest BCUT2D eigenvalue weighted by atomic mass is 9.91. The van der Waals surface area contributed by atoms with Crippen molar-refractivity contribution in [3.05, 3.63) is 96.1 Å². The van der Waals surface area contributed by atoms with E-state index in [1.807, 2.05) is 67.6 Å². The van der Waals surface area contributed by atoms with E-state index in [9.17, 15) is 4.79 Å². The minimum absolute atomic E-state index is 0.0604. The van der Waals surface area contributed by atoms with Gasteiger partial charge in [-0.25, -0.2) is 4.98 Å². The summed E-state index contributed by atoms with van der Waals surface area (Å²) in [5, 5.41) is 3.14. The summed E-state index contributed by atoms with van der Waals surface area (Å²) in [4.78, 5) is 21.7. The molecule has 2 aromatic carbocycles. The molecule has 0 aliphatic heterocycles. The molecule has 1 atom stereocenters.